The maximum absolute atomic E-state index is 12.2. The molecule has 0 radical (unpaired) electrons. The van der Waals surface area contributed by atoms with Gasteiger partial charge in [-0.1, -0.05) is 0 Å². The van der Waals surface area contributed by atoms with E-state index >= 15 is 0 Å². The fourth-order valence-electron chi connectivity index (χ4n) is 1.95. The molecule has 1 aliphatic rings. The highest BCUT2D eigenvalue weighted by Gasteiger charge is 2.18. The second kappa shape index (κ2) is 4.26. The van der Waals surface area contributed by atoms with Gasteiger partial charge in [0.2, 0.25) is 0 Å². The van der Waals surface area contributed by atoms with Crippen molar-refractivity contribution < 1.29 is 9.15 Å². The fraction of sp³-hybridized carbons (Fsp3) is 0.364. The molecule has 0 N–H and O–H groups in total. The second-order valence-electron chi connectivity index (χ2n) is 3.90. The molecule has 0 aliphatic carbocycles. The van der Waals surface area contributed by atoms with E-state index in [1.165, 1.54) is 6.20 Å². The van der Waals surface area contributed by atoms with Gasteiger partial charge in [-0.2, -0.15) is 0 Å². The largest absolute Gasteiger partial charge is 0.441 e. The van der Waals surface area contributed by atoms with E-state index in [9.17, 15) is 9.59 Å². The monoisotopic (exact) mass is 249 g/mol. The van der Waals surface area contributed by atoms with Crippen LogP contribution in [-0.2, 0) is 4.74 Å². The first kappa shape index (κ1) is 11.0. The highest BCUT2D eigenvalue weighted by Crippen LogP contribution is 2.03. The molecular weight excluding hydrogens is 238 g/mol. The second-order valence-corrected chi connectivity index (χ2v) is 3.90. The summed E-state index contributed by atoms with van der Waals surface area (Å²) in [5.41, 5.74) is -0.0932. The van der Waals surface area contributed by atoms with Gasteiger partial charge in [-0.15, -0.1) is 4.68 Å². The predicted octanol–water partition coefficient (Wildman–Crippen LogP) is -0.682. The minimum Gasteiger partial charge on any atom is -0.406 e. The van der Waals surface area contributed by atoms with Crippen LogP contribution in [-0.4, -0.2) is 36.0 Å². The van der Waals surface area contributed by atoms with Gasteiger partial charge in [0.1, 0.15) is 0 Å². The molecule has 1 fully saturated rings. The van der Waals surface area contributed by atoms with Crippen molar-refractivity contribution in [3.8, 4) is 0 Å². The first-order valence-electron chi connectivity index (χ1n) is 5.61. The standard InChI is InChI=1S/C11H11N3O4/c15-10-9-8(2-1-3-12-9)18-11(16)14(10)13-4-6-17-7-5-13/h1-3H,4-7H2. The Balaban J connectivity index is 2.22. The summed E-state index contributed by atoms with van der Waals surface area (Å²) in [4.78, 5) is 28.0. The van der Waals surface area contributed by atoms with Crippen molar-refractivity contribution in [2.75, 3.05) is 31.3 Å². The molecule has 0 bridgehead atoms. The maximum Gasteiger partial charge on any atom is 0.441 e. The molecule has 0 aromatic carbocycles. The molecule has 7 heteroatoms. The van der Waals surface area contributed by atoms with Gasteiger partial charge in [-0.25, -0.2) is 9.78 Å². The average molecular weight is 249 g/mol. The van der Waals surface area contributed by atoms with Crippen molar-refractivity contribution in [1.82, 2.24) is 9.66 Å². The molecule has 7 nitrogen and oxygen atoms in total. The van der Waals surface area contributed by atoms with Crippen LogP contribution in [0.1, 0.15) is 0 Å². The number of rotatable bonds is 1. The molecule has 2 aromatic heterocycles. The van der Waals surface area contributed by atoms with Crippen molar-refractivity contribution in [3.63, 3.8) is 0 Å². The van der Waals surface area contributed by atoms with E-state index in [1.807, 2.05) is 0 Å². The maximum atomic E-state index is 12.2. The summed E-state index contributed by atoms with van der Waals surface area (Å²) in [6.07, 6.45) is 1.49. The molecule has 18 heavy (non-hydrogen) atoms. The van der Waals surface area contributed by atoms with Crippen LogP contribution in [0.15, 0.2) is 32.3 Å². The average Bonchev–Trinajstić information content (AvgIpc) is 2.40. The van der Waals surface area contributed by atoms with E-state index in [0.717, 1.165) is 4.68 Å². The lowest BCUT2D eigenvalue weighted by atomic mass is 10.4. The lowest BCUT2D eigenvalue weighted by Gasteiger charge is -2.28. The molecule has 1 saturated heterocycles. The number of aromatic nitrogens is 2. The Bertz CT molecular complexity index is 684. The Labute approximate surface area is 101 Å². The smallest absolute Gasteiger partial charge is 0.406 e. The van der Waals surface area contributed by atoms with Crippen molar-refractivity contribution in [2.45, 2.75) is 0 Å². The van der Waals surface area contributed by atoms with E-state index in [2.05, 4.69) is 4.98 Å². The van der Waals surface area contributed by atoms with Crippen LogP contribution in [0, 0.1) is 0 Å². The molecule has 0 saturated carbocycles. The Morgan fingerprint density at radius 3 is 2.78 bits per heavy atom. The van der Waals surface area contributed by atoms with Crippen molar-refractivity contribution in [1.29, 1.82) is 0 Å². The van der Waals surface area contributed by atoms with Gasteiger partial charge in [-0.3, -0.25) is 9.80 Å². The van der Waals surface area contributed by atoms with Gasteiger partial charge in [0.15, 0.2) is 11.1 Å². The van der Waals surface area contributed by atoms with E-state index in [0.29, 0.717) is 26.3 Å². The van der Waals surface area contributed by atoms with Gasteiger partial charge in [0.25, 0.3) is 0 Å². The van der Waals surface area contributed by atoms with Crippen molar-refractivity contribution in [2.24, 2.45) is 0 Å². The molecule has 0 unspecified atom stereocenters. The topological polar surface area (TPSA) is 77.6 Å². The first-order chi connectivity index (χ1) is 8.77. The van der Waals surface area contributed by atoms with Crippen LogP contribution < -0.4 is 16.3 Å². The SMILES string of the molecule is O=c1oc2cccnc2c(=O)n1N1CCOCC1. The molecule has 3 heterocycles. The fourth-order valence-corrected chi connectivity index (χ4v) is 1.95. The molecular formula is C11H11N3O4. The third-order valence-corrected chi connectivity index (χ3v) is 2.81. The lowest BCUT2D eigenvalue weighted by molar-refractivity contribution is 0.108. The third-order valence-electron chi connectivity index (χ3n) is 2.81. The summed E-state index contributed by atoms with van der Waals surface area (Å²) in [5, 5.41) is 1.62. The normalized spacial score (nSPS) is 16.1. The van der Waals surface area contributed by atoms with E-state index in [4.69, 9.17) is 9.15 Å². The van der Waals surface area contributed by atoms with E-state index in [1.54, 1.807) is 17.1 Å². The number of pyridine rings is 1. The summed E-state index contributed by atoms with van der Waals surface area (Å²) in [6, 6.07) is 3.17. The summed E-state index contributed by atoms with van der Waals surface area (Å²) in [5.74, 6) is -0.692. The Morgan fingerprint density at radius 2 is 2.00 bits per heavy atom. The van der Waals surface area contributed by atoms with Crippen LogP contribution in [0.3, 0.4) is 0 Å². The zero-order chi connectivity index (χ0) is 12.5. The van der Waals surface area contributed by atoms with Crippen molar-refractivity contribution in [3.05, 3.63) is 39.2 Å². The van der Waals surface area contributed by atoms with Crippen LogP contribution in [0.4, 0.5) is 0 Å². The van der Waals surface area contributed by atoms with E-state index in [-0.39, 0.29) is 11.1 Å². The van der Waals surface area contributed by atoms with E-state index < -0.39 is 11.3 Å². The zero-order valence-corrected chi connectivity index (χ0v) is 9.54. The summed E-state index contributed by atoms with van der Waals surface area (Å²) < 4.78 is 11.3. The van der Waals surface area contributed by atoms with Crippen LogP contribution in [0.5, 0.6) is 0 Å². The zero-order valence-electron chi connectivity index (χ0n) is 9.54. The number of hydrogen-bond donors (Lipinski definition) is 0. The molecule has 3 rings (SSSR count). The number of ether oxygens (including phenoxy) is 1. The number of hydrogen-bond acceptors (Lipinski definition) is 6. The quantitative estimate of drug-likeness (QED) is 0.666. The van der Waals surface area contributed by atoms with Crippen LogP contribution in [0.25, 0.3) is 11.1 Å². The minimum atomic E-state index is -0.692. The summed E-state index contributed by atoms with van der Waals surface area (Å²) in [7, 11) is 0. The van der Waals surface area contributed by atoms with Gasteiger partial charge < -0.3 is 9.15 Å². The van der Waals surface area contributed by atoms with Gasteiger partial charge in [0.05, 0.1) is 26.3 Å². The third kappa shape index (κ3) is 1.68. The minimum absolute atomic E-state index is 0.156. The number of nitrogens with zero attached hydrogens (tertiary/aromatic N) is 3. The van der Waals surface area contributed by atoms with Gasteiger partial charge >= 0.3 is 11.3 Å². The van der Waals surface area contributed by atoms with Gasteiger partial charge in [0, 0.05) is 6.20 Å². The molecule has 0 amide bonds. The number of morpholine rings is 1. The Morgan fingerprint density at radius 1 is 1.22 bits per heavy atom. The highest BCUT2D eigenvalue weighted by atomic mass is 16.5. The summed E-state index contributed by atoms with van der Waals surface area (Å²) >= 11 is 0. The lowest BCUT2D eigenvalue weighted by Crippen LogP contribution is -2.54. The molecule has 2 aromatic rings. The van der Waals surface area contributed by atoms with Crippen LogP contribution in [0.2, 0.25) is 0 Å². The van der Waals surface area contributed by atoms with Crippen molar-refractivity contribution >= 4 is 11.1 Å². The summed E-state index contributed by atoms with van der Waals surface area (Å²) in [6.45, 7) is 1.91. The Kier molecular flexibility index (Phi) is 2.60. The molecule has 1 aliphatic heterocycles. The molecule has 94 valence electrons. The first-order valence-corrected chi connectivity index (χ1v) is 5.61. The Hall–Kier alpha value is -2.15. The van der Waals surface area contributed by atoms with Crippen LogP contribution >= 0.6 is 0 Å². The van der Waals surface area contributed by atoms with Gasteiger partial charge in [-0.05, 0) is 12.1 Å². The predicted molar refractivity (Wildman–Crippen MR) is 63.3 cm³/mol. The molecule has 0 spiro atoms. The number of fused-ring (bicyclic) bond motifs is 1. The molecule has 0 atom stereocenters. The highest BCUT2D eigenvalue weighted by molar-refractivity contribution is 5.69.